The minimum absolute atomic E-state index is 0.134. The molecule has 110 valence electrons. The first-order chi connectivity index (χ1) is 9.92. The van der Waals surface area contributed by atoms with E-state index < -0.39 is 10.0 Å². The van der Waals surface area contributed by atoms with Crippen molar-refractivity contribution in [3.8, 4) is 11.8 Å². The highest BCUT2D eigenvalue weighted by molar-refractivity contribution is 7.94. The smallest absolute Gasteiger partial charge is 0.273 e. The van der Waals surface area contributed by atoms with E-state index in [9.17, 15) is 8.42 Å². The zero-order valence-electron chi connectivity index (χ0n) is 11.1. The number of sulfonamides is 1. The Bertz CT molecular complexity index is 819. The Hall–Kier alpha value is -1.59. The molecule has 2 aromatic rings. The van der Waals surface area contributed by atoms with Crippen LogP contribution in [-0.2, 0) is 10.0 Å². The molecule has 1 aromatic heterocycles. The Balaban J connectivity index is 2.34. The fourth-order valence-corrected chi connectivity index (χ4v) is 3.89. The van der Waals surface area contributed by atoms with Gasteiger partial charge >= 0.3 is 0 Å². The Morgan fingerprint density at radius 3 is 2.86 bits per heavy atom. The van der Waals surface area contributed by atoms with Crippen molar-refractivity contribution in [1.82, 2.24) is 4.98 Å². The molecular formula is C13H12ClN3O2S2. The molecule has 0 aliphatic heterocycles. The molecule has 21 heavy (non-hydrogen) atoms. The predicted molar refractivity (Wildman–Crippen MR) is 85.0 cm³/mol. The second-order valence-corrected chi connectivity index (χ2v) is 7.56. The van der Waals surface area contributed by atoms with E-state index in [0.29, 0.717) is 10.6 Å². The van der Waals surface area contributed by atoms with Crippen LogP contribution in [0, 0.1) is 18.8 Å². The van der Waals surface area contributed by atoms with Crippen LogP contribution in [0.2, 0.25) is 5.02 Å². The van der Waals surface area contributed by atoms with Gasteiger partial charge in [-0.2, -0.15) is 0 Å². The molecule has 5 nitrogen and oxygen atoms in total. The van der Waals surface area contributed by atoms with Crippen LogP contribution in [0.3, 0.4) is 0 Å². The maximum absolute atomic E-state index is 12.2. The quantitative estimate of drug-likeness (QED) is 0.838. The SMILES string of the molecule is Cc1ncc(S(=O)(=O)Nc2cc(C#CCN)ccc2Cl)s1. The van der Waals surface area contributed by atoms with E-state index in [1.54, 1.807) is 25.1 Å². The van der Waals surface area contributed by atoms with E-state index in [0.717, 1.165) is 11.3 Å². The molecule has 0 radical (unpaired) electrons. The molecule has 0 fully saturated rings. The number of hydrogen-bond donors (Lipinski definition) is 2. The maximum Gasteiger partial charge on any atom is 0.273 e. The molecule has 8 heteroatoms. The van der Waals surface area contributed by atoms with Crippen molar-refractivity contribution >= 4 is 38.6 Å². The van der Waals surface area contributed by atoms with Gasteiger partial charge in [0.15, 0.2) is 4.21 Å². The number of rotatable bonds is 3. The zero-order chi connectivity index (χ0) is 15.5. The molecular weight excluding hydrogens is 330 g/mol. The highest BCUT2D eigenvalue weighted by Gasteiger charge is 2.18. The number of aryl methyl sites for hydroxylation is 1. The third kappa shape index (κ3) is 3.95. The normalized spacial score (nSPS) is 10.8. The summed E-state index contributed by atoms with van der Waals surface area (Å²) in [6, 6.07) is 4.84. The number of thiazole rings is 1. The van der Waals surface area contributed by atoms with Crippen LogP contribution in [0.15, 0.2) is 28.6 Å². The Kier molecular flexibility index (Phi) is 4.85. The first-order valence-corrected chi connectivity index (χ1v) is 8.54. The summed E-state index contributed by atoms with van der Waals surface area (Å²) < 4.78 is 27.1. The van der Waals surface area contributed by atoms with Gasteiger partial charge in [-0.15, -0.1) is 11.3 Å². The number of halogens is 1. The molecule has 0 saturated carbocycles. The van der Waals surface area contributed by atoms with Crippen LogP contribution in [0.5, 0.6) is 0 Å². The lowest BCUT2D eigenvalue weighted by Gasteiger charge is -2.08. The predicted octanol–water partition coefficient (Wildman–Crippen LogP) is 2.22. The van der Waals surface area contributed by atoms with Crippen molar-refractivity contribution in [2.24, 2.45) is 5.73 Å². The van der Waals surface area contributed by atoms with Crippen LogP contribution < -0.4 is 10.5 Å². The van der Waals surface area contributed by atoms with Crippen LogP contribution in [0.25, 0.3) is 0 Å². The van der Waals surface area contributed by atoms with Crippen LogP contribution in [0.1, 0.15) is 10.6 Å². The molecule has 1 heterocycles. The van der Waals surface area contributed by atoms with Crippen molar-refractivity contribution in [3.63, 3.8) is 0 Å². The summed E-state index contributed by atoms with van der Waals surface area (Å²) >= 11 is 7.11. The number of hydrogen-bond acceptors (Lipinski definition) is 5. The maximum atomic E-state index is 12.2. The van der Waals surface area contributed by atoms with Gasteiger partial charge in [-0.25, -0.2) is 13.4 Å². The Morgan fingerprint density at radius 2 is 2.24 bits per heavy atom. The lowest BCUT2D eigenvalue weighted by molar-refractivity contribution is 0.603. The highest BCUT2D eigenvalue weighted by Crippen LogP contribution is 2.27. The van der Waals surface area contributed by atoms with Crippen LogP contribution in [0.4, 0.5) is 5.69 Å². The van der Waals surface area contributed by atoms with E-state index in [4.69, 9.17) is 17.3 Å². The van der Waals surface area contributed by atoms with Gasteiger partial charge in [-0.05, 0) is 25.1 Å². The van der Waals surface area contributed by atoms with Gasteiger partial charge in [-0.1, -0.05) is 23.4 Å². The summed E-state index contributed by atoms with van der Waals surface area (Å²) in [5.74, 6) is 5.52. The summed E-state index contributed by atoms with van der Waals surface area (Å²) in [6.07, 6.45) is 1.31. The van der Waals surface area contributed by atoms with E-state index in [-0.39, 0.29) is 21.5 Å². The first kappa shape index (κ1) is 15.8. The van der Waals surface area contributed by atoms with E-state index in [1.165, 1.54) is 6.20 Å². The Morgan fingerprint density at radius 1 is 1.48 bits per heavy atom. The average molecular weight is 342 g/mol. The lowest BCUT2D eigenvalue weighted by Crippen LogP contribution is -2.12. The molecule has 0 atom stereocenters. The number of anilines is 1. The van der Waals surface area contributed by atoms with Gasteiger partial charge in [0.2, 0.25) is 0 Å². The highest BCUT2D eigenvalue weighted by atomic mass is 35.5. The average Bonchev–Trinajstić information content (AvgIpc) is 2.87. The molecule has 0 unspecified atom stereocenters. The monoisotopic (exact) mass is 341 g/mol. The standard InChI is InChI=1S/C13H12ClN3O2S2/c1-9-16-8-13(20-9)21(18,19)17-12-7-10(3-2-6-15)4-5-11(12)14/h4-5,7-8,17H,6,15H2,1H3. The second kappa shape index (κ2) is 6.45. The molecule has 3 N–H and O–H groups in total. The van der Waals surface area contributed by atoms with Gasteiger partial charge in [0.1, 0.15) is 0 Å². The molecule has 0 aliphatic rings. The molecule has 0 amide bonds. The van der Waals surface area contributed by atoms with Gasteiger partial charge in [0.25, 0.3) is 10.0 Å². The number of benzene rings is 1. The Labute approximate surface area is 132 Å². The first-order valence-electron chi connectivity index (χ1n) is 5.86. The van der Waals surface area contributed by atoms with Gasteiger partial charge in [-0.3, -0.25) is 4.72 Å². The minimum Gasteiger partial charge on any atom is -0.320 e. The molecule has 0 spiro atoms. The molecule has 2 rings (SSSR count). The minimum atomic E-state index is -3.70. The van der Waals surface area contributed by atoms with Crippen molar-refractivity contribution < 1.29 is 8.42 Å². The number of nitrogens with zero attached hydrogens (tertiary/aromatic N) is 1. The van der Waals surface area contributed by atoms with Crippen LogP contribution >= 0.6 is 22.9 Å². The molecule has 0 aliphatic carbocycles. The van der Waals surface area contributed by atoms with Gasteiger partial charge < -0.3 is 5.73 Å². The fourth-order valence-electron chi connectivity index (χ4n) is 1.50. The fraction of sp³-hybridized carbons (Fsp3) is 0.154. The number of nitrogens with two attached hydrogens (primary N) is 1. The van der Waals surface area contributed by atoms with Crippen molar-refractivity contribution in [3.05, 3.63) is 40.0 Å². The second-order valence-electron chi connectivity index (χ2n) is 4.00. The summed E-state index contributed by atoms with van der Waals surface area (Å²) in [4.78, 5) is 3.94. The largest absolute Gasteiger partial charge is 0.320 e. The van der Waals surface area contributed by atoms with Crippen molar-refractivity contribution in [2.45, 2.75) is 11.1 Å². The van der Waals surface area contributed by atoms with Gasteiger partial charge in [0.05, 0.1) is 28.5 Å². The topological polar surface area (TPSA) is 85.1 Å². The zero-order valence-corrected chi connectivity index (χ0v) is 13.4. The molecule has 0 bridgehead atoms. The van der Waals surface area contributed by atoms with E-state index in [1.807, 2.05) is 0 Å². The summed E-state index contributed by atoms with van der Waals surface area (Å²) in [7, 11) is -3.70. The van der Waals surface area contributed by atoms with Crippen LogP contribution in [-0.4, -0.2) is 19.9 Å². The van der Waals surface area contributed by atoms with Gasteiger partial charge in [0, 0.05) is 5.56 Å². The van der Waals surface area contributed by atoms with Crippen molar-refractivity contribution in [2.75, 3.05) is 11.3 Å². The number of nitrogens with one attached hydrogen (secondary N) is 1. The third-order valence-corrected chi connectivity index (χ3v) is 5.48. The summed E-state index contributed by atoms with van der Waals surface area (Å²) in [6.45, 7) is 1.96. The third-order valence-electron chi connectivity index (χ3n) is 2.41. The molecule has 0 saturated heterocycles. The van der Waals surface area contributed by atoms with E-state index in [2.05, 4.69) is 21.5 Å². The number of aromatic nitrogens is 1. The summed E-state index contributed by atoms with van der Waals surface area (Å²) in [5, 5.41) is 0.960. The van der Waals surface area contributed by atoms with Crippen molar-refractivity contribution in [1.29, 1.82) is 0 Å². The summed E-state index contributed by atoms with van der Waals surface area (Å²) in [5.41, 5.74) is 6.21. The van der Waals surface area contributed by atoms with E-state index >= 15 is 0 Å². The molecule has 1 aromatic carbocycles. The lowest BCUT2D eigenvalue weighted by atomic mass is 10.2.